The summed E-state index contributed by atoms with van der Waals surface area (Å²) in [5.74, 6) is 0.295. The van der Waals surface area contributed by atoms with E-state index in [2.05, 4.69) is 22.5 Å². The molecule has 0 bridgehead atoms. The van der Waals surface area contributed by atoms with Crippen molar-refractivity contribution < 1.29 is 4.79 Å². The van der Waals surface area contributed by atoms with Crippen LogP contribution >= 0.6 is 24.0 Å². The van der Waals surface area contributed by atoms with Gasteiger partial charge in [-0.05, 0) is 57.9 Å². The highest BCUT2D eigenvalue weighted by molar-refractivity contribution is 14.0. The van der Waals surface area contributed by atoms with Crippen LogP contribution in [0.15, 0.2) is 23.2 Å². The average molecular weight is 418 g/mol. The molecule has 6 heteroatoms. The third-order valence-electron chi connectivity index (χ3n) is 3.38. The number of nitrogens with zero attached hydrogens (tertiary/aromatic N) is 1. The molecule has 0 fully saturated rings. The quantitative estimate of drug-likeness (QED) is 0.391. The topological polar surface area (TPSA) is 79.5 Å². The van der Waals surface area contributed by atoms with Gasteiger partial charge in [0.2, 0.25) is 5.91 Å². The molecule has 4 N–H and O–H groups in total. The Kier molecular flexibility index (Phi) is 8.44. The fourth-order valence-corrected chi connectivity index (χ4v) is 1.76. The number of carbonyl (C=O) groups excluding carboxylic acids is 1. The van der Waals surface area contributed by atoms with Gasteiger partial charge < -0.3 is 16.4 Å². The highest BCUT2D eigenvalue weighted by Gasteiger charge is 2.26. The van der Waals surface area contributed by atoms with E-state index in [0.29, 0.717) is 19.0 Å². The predicted molar refractivity (Wildman–Crippen MR) is 104 cm³/mol. The molecule has 0 radical (unpaired) electrons. The maximum Gasteiger partial charge on any atom is 0.227 e. The Morgan fingerprint density at radius 1 is 1.27 bits per heavy atom. The molecule has 0 aliphatic rings. The summed E-state index contributed by atoms with van der Waals surface area (Å²) in [7, 11) is 0. The summed E-state index contributed by atoms with van der Waals surface area (Å²) in [5, 5.41) is 5.85. The molecule has 124 valence electrons. The van der Waals surface area contributed by atoms with Crippen molar-refractivity contribution in [3.63, 3.8) is 0 Å². The summed E-state index contributed by atoms with van der Waals surface area (Å²) >= 11 is 0. The minimum absolute atomic E-state index is 0. The fraction of sp³-hybridized carbons (Fsp3) is 0.500. The second kappa shape index (κ2) is 8.97. The molecular weight excluding hydrogens is 391 g/mol. The van der Waals surface area contributed by atoms with Gasteiger partial charge in [0.15, 0.2) is 5.96 Å². The fourth-order valence-electron chi connectivity index (χ4n) is 1.76. The lowest BCUT2D eigenvalue weighted by Crippen LogP contribution is -2.39. The van der Waals surface area contributed by atoms with E-state index in [1.165, 1.54) is 11.1 Å². The van der Waals surface area contributed by atoms with Crippen molar-refractivity contribution in [2.24, 2.45) is 16.1 Å². The van der Waals surface area contributed by atoms with Crippen LogP contribution < -0.4 is 16.4 Å². The van der Waals surface area contributed by atoms with E-state index in [9.17, 15) is 4.79 Å². The first kappa shape index (κ1) is 20.7. The highest BCUT2D eigenvalue weighted by atomic mass is 127. The Morgan fingerprint density at radius 2 is 1.91 bits per heavy atom. The molecular formula is C16H27IN4O. The van der Waals surface area contributed by atoms with Crippen molar-refractivity contribution >= 4 is 41.5 Å². The molecule has 1 rings (SSSR count). The van der Waals surface area contributed by atoms with Crippen LogP contribution in [0.2, 0.25) is 0 Å². The first-order valence-electron chi connectivity index (χ1n) is 7.18. The standard InChI is InChI=1S/C16H26N4O.HI/c1-6-18-14(21)16(4,5)10-19-15(17)20-13-8-7-11(2)12(3)9-13;/h7-9H,6,10H2,1-5H3,(H,18,21)(H3,17,19,20);1H. The van der Waals surface area contributed by atoms with Gasteiger partial charge >= 0.3 is 0 Å². The lowest BCUT2D eigenvalue weighted by molar-refractivity contribution is -0.128. The third-order valence-corrected chi connectivity index (χ3v) is 3.38. The van der Waals surface area contributed by atoms with Crippen molar-refractivity contribution in [2.75, 3.05) is 18.4 Å². The Labute approximate surface area is 150 Å². The molecule has 0 aromatic heterocycles. The van der Waals surface area contributed by atoms with Crippen LogP contribution in [0.5, 0.6) is 0 Å². The second-order valence-electron chi connectivity index (χ2n) is 5.87. The zero-order valence-electron chi connectivity index (χ0n) is 14.0. The van der Waals surface area contributed by atoms with Gasteiger partial charge in [-0.15, -0.1) is 24.0 Å². The summed E-state index contributed by atoms with van der Waals surface area (Å²) in [4.78, 5) is 16.1. The number of anilines is 1. The molecule has 0 saturated carbocycles. The number of rotatable bonds is 5. The predicted octanol–water partition coefficient (Wildman–Crippen LogP) is 2.81. The van der Waals surface area contributed by atoms with Crippen LogP contribution in [0.25, 0.3) is 0 Å². The number of nitrogens with one attached hydrogen (secondary N) is 2. The van der Waals surface area contributed by atoms with E-state index in [1.54, 1.807) is 0 Å². The zero-order valence-corrected chi connectivity index (χ0v) is 16.3. The average Bonchev–Trinajstić information content (AvgIpc) is 2.41. The van der Waals surface area contributed by atoms with Gasteiger partial charge in [-0.3, -0.25) is 9.79 Å². The molecule has 0 aliphatic carbocycles. The SMILES string of the molecule is CCNC(=O)C(C)(C)CN=C(N)Nc1ccc(C)c(C)c1.I. The minimum atomic E-state index is -0.578. The second-order valence-corrected chi connectivity index (χ2v) is 5.87. The number of carbonyl (C=O) groups is 1. The number of benzene rings is 1. The molecule has 0 unspecified atom stereocenters. The number of hydrogen-bond acceptors (Lipinski definition) is 2. The summed E-state index contributed by atoms with van der Waals surface area (Å²) < 4.78 is 0. The largest absolute Gasteiger partial charge is 0.370 e. The van der Waals surface area contributed by atoms with E-state index in [0.717, 1.165) is 5.69 Å². The van der Waals surface area contributed by atoms with Crippen LogP contribution in [0.1, 0.15) is 31.9 Å². The van der Waals surface area contributed by atoms with Crippen LogP contribution in [0, 0.1) is 19.3 Å². The Hall–Kier alpha value is -1.31. The van der Waals surface area contributed by atoms with Crippen LogP contribution in [0.4, 0.5) is 5.69 Å². The number of guanidine groups is 1. The molecule has 22 heavy (non-hydrogen) atoms. The normalized spacial score (nSPS) is 11.6. The summed E-state index contributed by atoms with van der Waals surface area (Å²) in [6, 6.07) is 6.01. The lowest BCUT2D eigenvalue weighted by atomic mass is 9.92. The summed E-state index contributed by atoms with van der Waals surface area (Å²) in [6.45, 7) is 10.7. The minimum Gasteiger partial charge on any atom is -0.370 e. The molecule has 1 aromatic rings. The maximum absolute atomic E-state index is 11.9. The summed E-state index contributed by atoms with van der Waals surface area (Å²) in [5.41, 5.74) is 8.62. The van der Waals surface area contributed by atoms with Gasteiger partial charge in [-0.1, -0.05) is 6.07 Å². The molecule has 0 heterocycles. The van der Waals surface area contributed by atoms with E-state index in [1.807, 2.05) is 45.9 Å². The Bertz CT molecular complexity index is 541. The van der Waals surface area contributed by atoms with Crippen LogP contribution in [-0.2, 0) is 4.79 Å². The number of aryl methyl sites for hydroxylation is 2. The molecule has 1 amide bonds. The molecule has 0 atom stereocenters. The Balaban J connectivity index is 0.00000441. The first-order valence-corrected chi connectivity index (χ1v) is 7.18. The number of amides is 1. The molecule has 0 aliphatic heterocycles. The number of nitrogens with two attached hydrogens (primary N) is 1. The van der Waals surface area contributed by atoms with Crippen molar-refractivity contribution in [1.29, 1.82) is 0 Å². The zero-order chi connectivity index (χ0) is 16.0. The van der Waals surface area contributed by atoms with Crippen molar-refractivity contribution in [1.82, 2.24) is 5.32 Å². The van der Waals surface area contributed by atoms with E-state index >= 15 is 0 Å². The number of aliphatic imine (C=N–C) groups is 1. The van der Waals surface area contributed by atoms with Crippen molar-refractivity contribution in [2.45, 2.75) is 34.6 Å². The van der Waals surface area contributed by atoms with E-state index < -0.39 is 5.41 Å². The summed E-state index contributed by atoms with van der Waals surface area (Å²) in [6.07, 6.45) is 0. The molecule has 5 nitrogen and oxygen atoms in total. The van der Waals surface area contributed by atoms with Gasteiger partial charge in [-0.25, -0.2) is 0 Å². The molecule has 1 aromatic carbocycles. The monoisotopic (exact) mass is 418 g/mol. The number of hydrogen-bond donors (Lipinski definition) is 3. The van der Waals surface area contributed by atoms with E-state index in [4.69, 9.17) is 5.73 Å². The van der Waals surface area contributed by atoms with Gasteiger partial charge in [0.1, 0.15) is 0 Å². The lowest BCUT2D eigenvalue weighted by Gasteiger charge is -2.21. The van der Waals surface area contributed by atoms with Crippen molar-refractivity contribution in [3.05, 3.63) is 29.3 Å². The maximum atomic E-state index is 11.9. The van der Waals surface area contributed by atoms with Gasteiger partial charge in [0.25, 0.3) is 0 Å². The third kappa shape index (κ3) is 6.21. The van der Waals surface area contributed by atoms with Crippen LogP contribution in [0.3, 0.4) is 0 Å². The van der Waals surface area contributed by atoms with Crippen molar-refractivity contribution in [3.8, 4) is 0 Å². The molecule has 0 saturated heterocycles. The Morgan fingerprint density at radius 3 is 2.45 bits per heavy atom. The smallest absolute Gasteiger partial charge is 0.227 e. The molecule has 0 spiro atoms. The van der Waals surface area contributed by atoms with E-state index in [-0.39, 0.29) is 29.9 Å². The highest BCUT2D eigenvalue weighted by Crippen LogP contribution is 2.16. The first-order chi connectivity index (χ1) is 9.76. The number of halogens is 1. The van der Waals surface area contributed by atoms with Gasteiger partial charge in [-0.2, -0.15) is 0 Å². The van der Waals surface area contributed by atoms with Gasteiger partial charge in [0.05, 0.1) is 12.0 Å². The van der Waals surface area contributed by atoms with Gasteiger partial charge in [0, 0.05) is 12.2 Å². The van der Waals surface area contributed by atoms with Crippen LogP contribution in [-0.4, -0.2) is 25.0 Å².